The van der Waals surface area contributed by atoms with Crippen molar-refractivity contribution in [2.45, 2.75) is 33.2 Å². The molecular formula is C14H23N7O. The molecule has 2 aromatic heterocycles. The number of aryl methyl sites for hydroxylation is 3. The minimum atomic E-state index is 0.592. The second-order valence-corrected chi connectivity index (χ2v) is 4.91. The van der Waals surface area contributed by atoms with Gasteiger partial charge in [-0.2, -0.15) is 10.1 Å². The van der Waals surface area contributed by atoms with E-state index in [4.69, 9.17) is 4.52 Å². The highest BCUT2D eigenvalue weighted by Crippen LogP contribution is 2.00. The maximum Gasteiger partial charge on any atom is 0.226 e. The van der Waals surface area contributed by atoms with E-state index in [1.165, 1.54) is 0 Å². The Morgan fingerprint density at radius 2 is 2.27 bits per heavy atom. The van der Waals surface area contributed by atoms with E-state index in [-0.39, 0.29) is 0 Å². The zero-order chi connectivity index (χ0) is 15.8. The maximum atomic E-state index is 5.08. The van der Waals surface area contributed by atoms with Crippen LogP contribution in [-0.2, 0) is 20.0 Å². The Morgan fingerprint density at radius 3 is 2.91 bits per heavy atom. The molecule has 2 aromatic rings. The molecule has 0 saturated heterocycles. The Labute approximate surface area is 130 Å². The first-order valence-corrected chi connectivity index (χ1v) is 7.47. The van der Waals surface area contributed by atoms with E-state index in [1.807, 2.05) is 31.6 Å². The van der Waals surface area contributed by atoms with Gasteiger partial charge < -0.3 is 15.2 Å². The first-order chi connectivity index (χ1) is 10.7. The standard InChI is InChI=1S/C14H23N7O/c1-4-15-14(17-10-12-7-9-18-21(12)3)16-8-5-6-13-19-11(2)20-22-13/h7,9H,4-6,8,10H2,1-3H3,(H2,15,16,17). The fourth-order valence-corrected chi connectivity index (χ4v) is 1.95. The molecule has 0 saturated carbocycles. The summed E-state index contributed by atoms with van der Waals surface area (Å²) in [6.45, 7) is 6.06. The minimum absolute atomic E-state index is 0.592. The number of rotatable bonds is 7. The van der Waals surface area contributed by atoms with Crippen molar-refractivity contribution in [3.05, 3.63) is 29.7 Å². The van der Waals surface area contributed by atoms with E-state index in [9.17, 15) is 0 Å². The van der Waals surface area contributed by atoms with Crippen molar-refractivity contribution < 1.29 is 4.52 Å². The van der Waals surface area contributed by atoms with Gasteiger partial charge in [0, 0.05) is 32.8 Å². The molecule has 8 heteroatoms. The summed E-state index contributed by atoms with van der Waals surface area (Å²) in [7, 11) is 1.91. The van der Waals surface area contributed by atoms with Crippen LogP contribution in [0.1, 0.15) is 30.8 Å². The Bertz CT molecular complexity index is 602. The highest BCUT2D eigenvalue weighted by molar-refractivity contribution is 5.79. The molecule has 0 fully saturated rings. The normalized spacial score (nSPS) is 11.7. The number of hydrogen-bond donors (Lipinski definition) is 2. The van der Waals surface area contributed by atoms with Gasteiger partial charge in [0.05, 0.1) is 12.2 Å². The fraction of sp³-hybridized carbons (Fsp3) is 0.571. The van der Waals surface area contributed by atoms with Crippen molar-refractivity contribution in [2.24, 2.45) is 12.0 Å². The third kappa shape index (κ3) is 4.87. The van der Waals surface area contributed by atoms with E-state index in [0.29, 0.717) is 18.3 Å². The predicted octanol–water partition coefficient (Wildman–Crippen LogP) is 0.799. The Hall–Kier alpha value is -2.38. The molecule has 2 rings (SSSR count). The van der Waals surface area contributed by atoms with E-state index in [0.717, 1.165) is 37.6 Å². The van der Waals surface area contributed by atoms with Crippen molar-refractivity contribution >= 4 is 5.96 Å². The van der Waals surface area contributed by atoms with Gasteiger partial charge in [0.15, 0.2) is 11.8 Å². The predicted molar refractivity (Wildman–Crippen MR) is 83.4 cm³/mol. The lowest BCUT2D eigenvalue weighted by Crippen LogP contribution is -2.37. The summed E-state index contributed by atoms with van der Waals surface area (Å²) in [5.74, 6) is 2.15. The lowest BCUT2D eigenvalue weighted by atomic mass is 10.3. The first-order valence-electron chi connectivity index (χ1n) is 7.47. The van der Waals surface area contributed by atoms with Gasteiger partial charge in [0.2, 0.25) is 5.89 Å². The van der Waals surface area contributed by atoms with Crippen LogP contribution in [0.3, 0.4) is 0 Å². The summed E-state index contributed by atoms with van der Waals surface area (Å²) in [5, 5.41) is 14.4. The average molecular weight is 305 g/mol. The third-order valence-electron chi connectivity index (χ3n) is 3.10. The lowest BCUT2D eigenvalue weighted by Gasteiger charge is -2.10. The van der Waals surface area contributed by atoms with Gasteiger partial charge >= 0.3 is 0 Å². The second-order valence-electron chi connectivity index (χ2n) is 4.91. The fourth-order valence-electron chi connectivity index (χ4n) is 1.95. The van der Waals surface area contributed by atoms with E-state index in [1.54, 1.807) is 6.20 Å². The van der Waals surface area contributed by atoms with Gasteiger partial charge in [-0.15, -0.1) is 0 Å². The minimum Gasteiger partial charge on any atom is -0.357 e. The first kappa shape index (κ1) is 16.0. The second kappa shape index (κ2) is 8.16. The molecule has 2 N–H and O–H groups in total. The van der Waals surface area contributed by atoms with Gasteiger partial charge in [-0.25, -0.2) is 4.99 Å². The largest absolute Gasteiger partial charge is 0.357 e. The smallest absolute Gasteiger partial charge is 0.226 e. The Kier molecular flexibility index (Phi) is 5.93. The average Bonchev–Trinajstić information content (AvgIpc) is 3.09. The van der Waals surface area contributed by atoms with Crippen LogP contribution in [0.5, 0.6) is 0 Å². The monoisotopic (exact) mass is 305 g/mol. The summed E-state index contributed by atoms with van der Waals surface area (Å²) in [6, 6.07) is 1.96. The number of guanidine groups is 1. The quantitative estimate of drug-likeness (QED) is 0.446. The molecule has 0 aromatic carbocycles. The molecule has 0 amide bonds. The molecule has 120 valence electrons. The van der Waals surface area contributed by atoms with Crippen LogP contribution in [0.25, 0.3) is 0 Å². The van der Waals surface area contributed by atoms with Gasteiger partial charge in [-0.1, -0.05) is 5.16 Å². The third-order valence-corrected chi connectivity index (χ3v) is 3.10. The van der Waals surface area contributed by atoms with Crippen LogP contribution in [0.4, 0.5) is 0 Å². The molecular weight excluding hydrogens is 282 g/mol. The molecule has 0 unspecified atom stereocenters. The van der Waals surface area contributed by atoms with Crippen LogP contribution >= 0.6 is 0 Å². The Balaban J connectivity index is 1.77. The van der Waals surface area contributed by atoms with Crippen LogP contribution in [0, 0.1) is 6.92 Å². The molecule has 0 radical (unpaired) electrons. The van der Waals surface area contributed by atoms with Crippen LogP contribution in [0.2, 0.25) is 0 Å². The summed E-state index contributed by atoms with van der Waals surface area (Å²) in [5.41, 5.74) is 1.07. The van der Waals surface area contributed by atoms with Crippen molar-refractivity contribution in [1.29, 1.82) is 0 Å². The van der Waals surface area contributed by atoms with Crippen molar-refractivity contribution in [2.75, 3.05) is 13.1 Å². The maximum absolute atomic E-state index is 5.08. The van der Waals surface area contributed by atoms with Crippen LogP contribution in [-0.4, -0.2) is 39.0 Å². The van der Waals surface area contributed by atoms with E-state index in [2.05, 4.69) is 30.9 Å². The van der Waals surface area contributed by atoms with Crippen LogP contribution in [0.15, 0.2) is 21.8 Å². The summed E-state index contributed by atoms with van der Waals surface area (Å²) in [6.07, 6.45) is 3.43. The molecule has 0 spiro atoms. The van der Waals surface area contributed by atoms with Crippen molar-refractivity contribution in [3.63, 3.8) is 0 Å². The number of nitrogens with zero attached hydrogens (tertiary/aromatic N) is 5. The number of aliphatic imine (C=N–C) groups is 1. The highest BCUT2D eigenvalue weighted by atomic mass is 16.5. The van der Waals surface area contributed by atoms with Crippen molar-refractivity contribution in [1.82, 2.24) is 30.6 Å². The van der Waals surface area contributed by atoms with E-state index >= 15 is 0 Å². The topological polar surface area (TPSA) is 93.2 Å². The van der Waals surface area contributed by atoms with Crippen LogP contribution < -0.4 is 10.6 Å². The molecule has 0 aliphatic heterocycles. The molecule has 2 heterocycles. The van der Waals surface area contributed by atoms with Crippen molar-refractivity contribution in [3.8, 4) is 0 Å². The summed E-state index contributed by atoms with van der Waals surface area (Å²) in [4.78, 5) is 8.73. The van der Waals surface area contributed by atoms with Gasteiger partial charge in [-0.3, -0.25) is 4.68 Å². The number of nitrogens with one attached hydrogen (secondary N) is 2. The van der Waals surface area contributed by atoms with Gasteiger partial charge in [0.1, 0.15) is 0 Å². The highest BCUT2D eigenvalue weighted by Gasteiger charge is 2.03. The summed E-state index contributed by atoms with van der Waals surface area (Å²) >= 11 is 0. The molecule has 22 heavy (non-hydrogen) atoms. The van der Waals surface area contributed by atoms with Gasteiger partial charge in [-0.05, 0) is 26.3 Å². The van der Waals surface area contributed by atoms with Gasteiger partial charge in [0.25, 0.3) is 0 Å². The lowest BCUT2D eigenvalue weighted by molar-refractivity contribution is 0.372. The molecule has 0 aliphatic rings. The number of hydrogen-bond acceptors (Lipinski definition) is 5. The molecule has 0 bridgehead atoms. The molecule has 0 atom stereocenters. The zero-order valence-electron chi connectivity index (χ0n) is 13.3. The zero-order valence-corrected chi connectivity index (χ0v) is 13.3. The summed E-state index contributed by atoms with van der Waals surface area (Å²) < 4.78 is 6.91. The Morgan fingerprint density at radius 1 is 1.41 bits per heavy atom. The van der Waals surface area contributed by atoms with E-state index < -0.39 is 0 Å². The number of aromatic nitrogens is 4. The SMILES string of the molecule is CCNC(=NCc1ccnn1C)NCCCc1nc(C)no1. The molecule has 8 nitrogen and oxygen atoms in total. The molecule has 0 aliphatic carbocycles.